The summed E-state index contributed by atoms with van der Waals surface area (Å²) in [5.41, 5.74) is 0. The van der Waals surface area contributed by atoms with Crippen molar-refractivity contribution in [1.82, 2.24) is 5.32 Å². The van der Waals surface area contributed by atoms with Crippen molar-refractivity contribution < 1.29 is 19.7 Å². The summed E-state index contributed by atoms with van der Waals surface area (Å²) in [6.45, 7) is 1.94. The molecule has 0 aromatic heterocycles. The van der Waals surface area contributed by atoms with Gasteiger partial charge in [-0.1, -0.05) is 0 Å². The number of hydrogen-bond acceptors (Lipinski definition) is 4. The van der Waals surface area contributed by atoms with Crippen LogP contribution in [0.15, 0.2) is 0 Å². The Kier molecular flexibility index (Phi) is 3.65. The maximum Gasteiger partial charge on any atom is 0.216 e. The third-order valence-corrected chi connectivity index (χ3v) is 2.03. The van der Waals surface area contributed by atoms with E-state index in [4.69, 9.17) is 9.84 Å². The lowest BCUT2D eigenvalue weighted by Gasteiger charge is -2.30. The van der Waals surface area contributed by atoms with Crippen LogP contribution in [0.2, 0.25) is 0 Å². The predicted molar refractivity (Wildman–Crippen MR) is 45.1 cm³/mol. The molecule has 1 rings (SSSR count). The molecule has 0 aromatic rings. The minimum atomic E-state index is -0.798. The quantitative estimate of drug-likeness (QED) is 0.501. The molecule has 3 N–H and O–H groups in total. The van der Waals surface area contributed by atoms with E-state index in [-0.39, 0.29) is 18.6 Å². The summed E-state index contributed by atoms with van der Waals surface area (Å²) < 4.78 is 5.19. The van der Waals surface area contributed by atoms with Crippen molar-refractivity contribution in [1.29, 1.82) is 0 Å². The zero-order valence-electron chi connectivity index (χ0n) is 7.56. The normalized spacial score (nSPS) is 34.2. The fourth-order valence-corrected chi connectivity index (χ4v) is 1.24. The average Bonchev–Trinajstić information content (AvgIpc) is 2.07. The maximum atomic E-state index is 10.6. The van der Waals surface area contributed by atoms with Crippen molar-refractivity contribution in [2.75, 3.05) is 13.2 Å². The standard InChI is InChI=1S/C8H15NO4/c1-5(10)9-3-6-2-7(11)8(12)4-13-6/h6-8,11-12H,2-4H2,1H3,(H,9,10). The van der Waals surface area contributed by atoms with E-state index < -0.39 is 12.2 Å². The zero-order chi connectivity index (χ0) is 9.84. The van der Waals surface area contributed by atoms with Crippen LogP contribution in [0.1, 0.15) is 13.3 Å². The highest BCUT2D eigenvalue weighted by Crippen LogP contribution is 2.13. The molecule has 1 amide bonds. The molecule has 0 radical (unpaired) electrons. The van der Waals surface area contributed by atoms with Crippen molar-refractivity contribution in [3.05, 3.63) is 0 Å². The van der Waals surface area contributed by atoms with E-state index in [1.165, 1.54) is 6.92 Å². The smallest absolute Gasteiger partial charge is 0.216 e. The molecule has 0 spiro atoms. The molecule has 0 saturated carbocycles. The second kappa shape index (κ2) is 4.55. The Hall–Kier alpha value is -0.650. The van der Waals surface area contributed by atoms with Gasteiger partial charge in [0.25, 0.3) is 0 Å². The predicted octanol–water partition coefficient (Wildman–Crippen LogP) is -1.37. The molecule has 76 valence electrons. The molecule has 13 heavy (non-hydrogen) atoms. The topological polar surface area (TPSA) is 78.8 Å². The summed E-state index contributed by atoms with van der Waals surface area (Å²) in [4.78, 5) is 10.6. The number of aliphatic hydroxyl groups is 2. The minimum Gasteiger partial charge on any atom is -0.390 e. The second-order valence-electron chi connectivity index (χ2n) is 3.26. The van der Waals surface area contributed by atoms with E-state index in [2.05, 4.69) is 5.32 Å². The fraction of sp³-hybridized carbons (Fsp3) is 0.875. The van der Waals surface area contributed by atoms with Gasteiger partial charge in [0.05, 0.1) is 18.8 Å². The fourth-order valence-electron chi connectivity index (χ4n) is 1.24. The summed E-state index contributed by atoms with van der Waals surface area (Å²) >= 11 is 0. The molecule has 1 aliphatic heterocycles. The van der Waals surface area contributed by atoms with Crippen molar-refractivity contribution in [3.8, 4) is 0 Å². The van der Waals surface area contributed by atoms with E-state index in [0.717, 1.165) is 0 Å². The Balaban J connectivity index is 2.25. The number of hydrogen-bond donors (Lipinski definition) is 3. The van der Waals surface area contributed by atoms with Crippen molar-refractivity contribution in [2.45, 2.75) is 31.7 Å². The molecule has 5 nitrogen and oxygen atoms in total. The molecular weight excluding hydrogens is 174 g/mol. The van der Waals surface area contributed by atoms with Gasteiger partial charge >= 0.3 is 0 Å². The molecule has 1 aliphatic rings. The Morgan fingerprint density at radius 3 is 2.77 bits per heavy atom. The molecule has 0 aromatic carbocycles. The van der Waals surface area contributed by atoms with Gasteiger partial charge in [0.15, 0.2) is 0 Å². The molecule has 1 heterocycles. The van der Waals surface area contributed by atoms with Crippen molar-refractivity contribution in [3.63, 3.8) is 0 Å². The van der Waals surface area contributed by atoms with Gasteiger partial charge in [-0.25, -0.2) is 0 Å². The number of carbonyl (C=O) groups excluding carboxylic acids is 1. The van der Waals surface area contributed by atoms with Crippen LogP contribution in [0.3, 0.4) is 0 Å². The van der Waals surface area contributed by atoms with Crippen LogP contribution in [0.25, 0.3) is 0 Å². The maximum absolute atomic E-state index is 10.6. The molecule has 5 heteroatoms. The van der Waals surface area contributed by atoms with Crippen LogP contribution >= 0.6 is 0 Å². The van der Waals surface area contributed by atoms with Crippen molar-refractivity contribution in [2.24, 2.45) is 0 Å². The monoisotopic (exact) mass is 189 g/mol. The van der Waals surface area contributed by atoms with Gasteiger partial charge in [-0.05, 0) is 0 Å². The second-order valence-corrected chi connectivity index (χ2v) is 3.26. The number of carbonyl (C=O) groups is 1. The lowest BCUT2D eigenvalue weighted by Crippen LogP contribution is -2.45. The molecule has 3 atom stereocenters. The summed E-state index contributed by atoms with van der Waals surface area (Å²) in [5, 5.41) is 21.0. The van der Waals surface area contributed by atoms with Gasteiger partial charge in [-0.2, -0.15) is 0 Å². The molecule has 3 unspecified atom stereocenters. The summed E-state index contributed by atoms with van der Waals surface area (Å²) in [6.07, 6.45) is -1.37. The Labute approximate surface area is 76.7 Å². The highest BCUT2D eigenvalue weighted by molar-refractivity contribution is 5.72. The van der Waals surface area contributed by atoms with Crippen LogP contribution in [0, 0.1) is 0 Å². The number of ether oxygens (including phenoxy) is 1. The van der Waals surface area contributed by atoms with Gasteiger partial charge in [0.1, 0.15) is 6.10 Å². The largest absolute Gasteiger partial charge is 0.390 e. The van der Waals surface area contributed by atoms with Crippen LogP contribution in [-0.2, 0) is 9.53 Å². The van der Waals surface area contributed by atoms with Crippen LogP contribution in [0.4, 0.5) is 0 Å². The van der Waals surface area contributed by atoms with Crippen LogP contribution in [-0.4, -0.2) is 47.6 Å². The summed E-state index contributed by atoms with van der Waals surface area (Å²) in [7, 11) is 0. The lowest BCUT2D eigenvalue weighted by molar-refractivity contribution is -0.127. The molecule has 0 bridgehead atoms. The zero-order valence-corrected chi connectivity index (χ0v) is 7.56. The summed E-state index contributed by atoms with van der Waals surface area (Å²) in [6, 6.07) is 0. The number of rotatable bonds is 2. The Bertz CT molecular complexity index is 185. The first-order chi connectivity index (χ1) is 6.09. The third-order valence-electron chi connectivity index (χ3n) is 2.03. The van der Waals surface area contributed by atoms with Gasteiger partial charge in [-0.15, -0.1) is 0 Å². The van der Waals surface area contributed by atoms with Gasteiger partial charge in [-0.3, -0.25) is 4.79 Å². The van der Waals surface area contributed by atoms with E-state index in [1.807, 2.05) is 0 Å². The Morgan fingerprint density at radius 2 is 2.23 bits per heavy atom. The van der Waals surface area contributed by atoms with Crippen LogP contribution in [0.5, 0.6) is 0 Å². The SMILES string of the molecule is CC(=O)NCC1CC(O)C(O)CO1. The van der Waals surface area contributed by atoms with E-state index in [1.54, 1.807) is 0 Å². The van der Waals surface area contributed by atoms with E-state index in [0.29, 0.717) is 13.0 Å². The van der Waals surface area contributed by atoms with Crippen molar-refractivity contribution >= 4 is 5.91 Å². The van der Waals surface area contributed by atoms with Gasteiger partial charge in [0.2, 0.25) is 5.91 Å². The minimum absolute atomic E-state index is 0.121. The third kappa shape index (κ3) is 3.30. The van der Waals surface area contributed by atoms with Crippen LogP contribution < -0.4 is 5.32 Å². The molecule has 1 saturated heterocycles. The first-order valence-corrected chi connectivity index (χ1v) is 4.31. The first-order valence-electron chi connectivity index (χ1n) is 4.31. The first kappa shape index (κ1) is 10.4. The Morgan fingerprint density at radius 1 is 1.54 bits per heavy atom. The number of amides is 1. The summed E-state index contributed by atoms with van der Waals surface area (Å²) in [5.74, 6) is -0.121. The molecule has 0 aliphatic carbocycles. The van der Waals surface area contributed by atoms with E-state index >= 15 is 0 Å². The highest BCUT2D eigenvalue weighted by atomic mass is 16.5. The highest BCUT2D eigenvalue weighted by Gasteiger charge is 2.27. The molecule has 1 fully saturated rings. The van der Waals surface area contributed by atoms with Gasteiger partial charge < -0.3 is 20.3 Å². The average molecular weight is 189 g/mol. The number of nitrogens with one attached hydrogen (secondary N) is 1. The van der Waals surface area contributed by atoms with Gasteiger partial charge in [0, 0.05) is 19.9 Å². The van der Waals surface area contributed by atoms with E-state index in [9.17, 15) is 9.90 Å². The number of aliphatic hydroxyl groups excluding tert-OH is 2. The molecular formula is C8H15NO4. The lowest BCUT2D eigenvalue weighted by atomic mass is 10.0.